The molecule has 4 heteroatoms. The fourth-order valence-electron chi connectivity index (χ4n) is 0.367. The zero-order chi connectivity index (χ0) is 6.41. The van der Waals surface area contributed by atoms with Gasteiger partial charge in [0.05, 0.1) is 7.11 Å². The third-order valence-electron chi connectivity index (χ3n) is 0.578. The third kappa shape index (κ3) is 4.01. The molecule has 4 nitrogen and oxygen atoms in total. The van der Waals surface area contributed by atoms with E-state index in [-0.39, 0.29) is 6.23 Å². The highest BCUT2D eigenvalue weighted by atomic mass is 16.7. The fraction of sp³-hybridized carbons (Fsp3) is 1.00. The van der Waals surface area contributed by atoms with Crippen LogP contribution in [0.4, 0.5) is 0 Å². The second kappa shape index (κ2) is 4.99. The molecule has 0 aromatic carbocycles. The molecule has 0 radical (unpaired) electrons. The molecule has 1 atom stereocenters. The van der Waals surface area contributed by atoms with Crippen molar-refractivity contribution in [1.29, 1.82) is 0 Å². The lowest BCUT2D eigenvalue weighted by molar-refractivity contribution is -0.0973. The molecular formula is C4H12N2O2. The second-order valence-electron chi connectivity index (χ2n) is 1.29. The van der Waals surface area contributed by atoms with E-state index in [9.17, 15) is 0 Å². The predicted molar refractivity (Wildman–Crippen MR) is 29.8 cm³/mol. The number of hydrogen-bond donors (Lipinski definition) is 2. The smallest absolute Gasteiger partial charge is 0.148 e. The maximum Gasteiger partial charge on any atom is 0.148 e. The summed E-state index contributed by atoms with van der Waals surface area (Å²) in [4.78, 5) is 9.34. The molecule has 0 aliphatic carbocycles. The molecule has 1 unspecified atom stereocenters. The van der Waals surface area contributed by atoms with Crippen LogP contribution >= 0.6 is 0 Å². The van der Waals surface area contributed by atoms with E-state index in [0.717, 1.165) is 0 Å². The predicted octanol–water partition coefficient (Wildman–Crippen LogP) is -0.366. The van der Waals surface area contributed by atoms with Crippen molar-refractivity contribution in [2.75, 3.05) is 14.2 Å². The van der Waals surface area contributed by atoms with Gasteiger partial charge in [-0.05, 0) is 6.92 Å². The Balaban J connectivity index is 2.92. The maximum atomic E-state index is 4.80. The van der Waals surface area contributed by atoms with E-state index in [0.29, 0.717) is 0 Å². The fourth-order valence-corrected chi connectivity index (χ4v) is 0.367. The molecule has 0 saturated carbocycles. The standard InChI is InChI=1S/C4H12N2O2/c1-4(6-7-3)8-5-2/h4-6H,1-3H3. The molecule has 0 heterocycles. The van der Waals surface area contributed by atoms with Crippen LogP contribution in [0.25, 0.3) is 0 Å². The minimum atomic E-state index is -0.120. The van der Waals surface area contributed by atoms with Gasteiger partial charge in [0, 0.05) is 7.05 Å². The van der Waals surface area contributed by atoms with E-state index >= 15 is 0 Å². The van der Waals surface area contributed by atoms with Crippen molar-refractivity contribution in [3.63, 3.8) is 0 Å². The van der Waals surface area contributed by atoms with Gasteiger partial charge in [-0.3, -0.25) is 4.84 Å². The monoisotopic (exact) mass is 120 g/mol. The Bertz CT molecular complexity index is 45.3. The van der Waals surface area contributed by atoms with E-state index < -0.39 is 0 Å². The summed E-state index contributed by atoms with van der Waals surface area (Å²) in [6.07, 6.45) is -0.120. The molecule has 0 aromatic heterocycles. The van der Waals surface area contributed by atoms with Crippen LogP contribution in [-0.2, 0) is 9.68 Å². The van der Waals surface area contributed by atoms with Crippen LogP contribution in [0.5, 0.6) is 0 Å². The average molecular weight is 120 g/mol. The Morgan fingerprint density at radius 2 is 2.12 bits per heavy atom. The number of rotatable bonds is 4. The molecule has 8 heavy (non-hydrogen) atoms. The van der Waals surface area contributed by atoms with Crippen molar-refractivity contribution in [3.8, 4) is 0 Å². The lowest BCUT2D eigenvalue weighted by Crippen LogP contribution is -2.31. The Morgan fingerprint density at radius 1 is 1.50 bits per heavy atom. The van der Waals surface area contributed by atoms with E-state index in [1.807, 2.05) is 6.92 Å². The largest absolute Gasteiger partial charge is 0.303 e. The molecule has 0 aliphatic heterocycles. The van der Waals surface area contributed by atoms with Crippen molar-refractivity contribution in [1.82, 2.24) is 11.0 Å². The highest BCUT2D eigenvalue weighted by molar-refractivity contribution is 4.28. The van der Waals surface area contributed by atoms with Crippen molar-refractivity contribution in [3.05, 3.63) is 0 Å². The van der Waals surface area contributed by atoms with E-state index in [4.69, 9.17) is 4.84 Å². The molecule has 0 saturated heterocycles. The van der Waals surface area contributed by atoms with Gasteiger partial charge in [0.1, 0.15) is 6.23 Å². The second-order valence-corrected chi connectivity index (χ2v) is 1.29. The third-order valence-corrected chi connectivity index (χ3v) is 0.578. The van der Waals surface area contributed by atoms with E-state index in [1.165, 1.54) is 7.11 Å². The van der Waals surface area contributed by atoms with Crippen LogP contribution in [0.2, 0.25) is 0 Å². The minimum absolute atomic E-state index is 0.120. The lowest BCUT2D eigenvalue weighted by atomic mass is 10.7. The van der Waals surface area contributed by atoms with Gasteiger partial charge >= 0.3 is 0 Å². The summed E-state index contributed by atoms with van der Waals surface area (Å²) in [6, 6.07) is 0. The molecule has 0 amide bonds. The van der Waals surface area contributed by atoms with Crippen molar-refractivity contribution in [2.24, 2.45) is 0 Å². The Hall–Kier alpha value is -0.160. The van der Waals surface area contributed by atoms with Crippen LogP contribution in [-0.4, -0.2) is 20.4 Å². The van der Waals surface area contributed by atoms with E-state index in [2.05, 4.69) is 15.8 Å². The summed E-state index contributed by atoms with van der Waals surface area (Å²) in [5.74, 6) is 0. The van der Waals surface area contributed by atoms with Crippen LogP contribution < -0.4 is 11.0 Å². The molecule has 50 valence electrons. The lowest BCUT2D eigenvalue weighted by Gasteiger charge is -2.09. The SMILES string of the molecule is CNOC(C)NOC. The van der Waals surface area contributed by atoms with E-state index in [1.54, 1.807) is 7.05 Å². The molecule has 0 bridgehead atoms. The molecule has 2 N–H and O–H groups in total. The molecule has 0 spiro atoms. The van der Waals surface area contributed by atoms with Gasteiger partial charge in [-0.25, -0.2) is 5.48 Å². The van der Waals surface area contributed by atoms with Gasteiger partial charge in [0.15, 0.2) is 0 Å². The summed E-state index contributed by atoms with van der Waals surface area (Å²) < 4.78 is 0. The van der Waals surface area contributed by atoms with Gasteiger partial charge in [-0.2, -0.15) is 5.48 Å². The average Bonchev–Trinajstić information content (AvgIpc) is 1.68. The van der Waals surface area contributed by atoms with Gasteiger partial charge < -0.3 is 4.84 Å². The van der Waals surface area contributed by atoms with Crippen molar-refractivity contribution < 1.29 is 9.68 Å². The van der Waals surface area contributed by atoms with Crippen molar-refractivity contribution >= 4 is 0 Å². The summed E-state index contributed by atoms with van der Waals surface area (Å²) in [5, 5.41) is 0. The number of hydroxylamine groups is 2. The Morgan fingerprint density at radius 3 is 2.50 bits per heavy atom. The van der Waals surface area contributed by atoms with Crippen LogP contribution in [0.15, 0.2) is 0 Å². The normalized spacial score (nSPS) is 13.9. The maximum absolute atomic E-state index is 4.80. The molecule has 0 rings (SSSR count). The highest BCUT2D eigenvalue weighted by Gasteiger charge is 1.94. The van der Waals surface area contributed by atoms with Crippen LogP contribution in [0.3, 0.4) is 0 Å². The Kier molecular flexibility index (Phi) is 4.89. The topological polar surface area (TPSA) is 42.5 Å². The molecule has 0 fully saturated rings. The summed E-state index contributed by atoms with van der Waals surface area (Å²) >= 11 is 0. The molecule has 0 aliphatic rings. The number of hydrogen-bond acceptors (Lipinski definition) is 4. The van der Waals surface area contributed by atoms with Gasteiger partial charge in [-0.15, -0.1) is 0 Å². The first-order valence-corrected chi connectivity index (χ1v) is 2.42. The van der Waals surface area contributed by atoms with Gasteiger partial charge in [0.25, 0.3) is 0 Å². The highest BCUT2D eigenvalue weighted by Crippen LogP contribution is 1.76. The minimum Gasteiger partial charge on any atom is -0.303 e. The Labute approximate surface area is 49.1 Å². The first-order chi connectivity index (χ1) is 3.81. The van der Waals surface area contributed by atoms with Crippen molar-refractivity contribution in [2.45, 2.75) is 13.2 Å². The first-order valence-electron chi connectivity index (χ1n) is 2.42. The summed E-state index contributed by atoms with van der Waals surface area (Å²) in [6.45, 7) is 1.82. The number of nitrogens with one attached hydrogen (secondary N) is 2. The zero-order valence-electron chi connectivity index (χ0n) is 5.39. The molecular weight excluding hydrogens is 108 g/mol. The first kappa shape index (κ1) is 7.84. The zero-order valence-corrected chi connectivity index (χ0v) is 5.39. The molecule has 0 aromatic rings. The van der Waals surface area contributed by atoms with Gasteiger partial charge in [0.2, 0.25) is 0 Å². The van der Waals surface area contributed by atoms with Crippen LogP contribution in [0.1, 0.15) is 6.92 Å². The quantitative estimate of drug-likeness (QED) is 0.392. The summed E-state index contributed by atoms with van der Waals surface area (Å²) in [5.41, 5.74) is 5.07. The summed E-state index contributed by atoms with van der Waals surface area (Å²) in [7, 11) is 3.23. The van der Waals surface area contributed by atoms with Gasteiger partial charge in [-0.1, -0.05) is 0 Å². The van der Waals surface area contributed by atoms with Crippen LogP contribution in [0, 0.1) is 0 Å².